The number of hydrogen-bond donors (Lipinski definition) is 2. The Balaban J connectivity index is 1.53. The lowest BCUT2D eigenvalue weighted by atomic mass is 9.45. The molecular weight excluding hydrogens is 310 g/mol. The van der Waals surface area contributed by atoms with Crippen molar-refractivity contribution in [1.82, 2.24) is 15.3 Å². The number of pyridine rings is 1. The molecule has 122 valence electrons. The van der Waals surface area contributed by atoms with Gasteiger partial charge in [-0.05, 0) is 48.1 Å². The van der Waals surface area contributed by atoms with Crippen LogP contribution in [0.15, 0.2) is 18.3 Å². The monoisotopic (exact) mass is 331 g/mol. The van der Waals surface area contributed by atoms with Crippen LogP contribution in [0.5, 0.6) is 0 Å². The van der Waals surface area contributed by atoms with Crippen LogP contribution in [0.1, 0.15) is 44.1 Å². The Hall–Kier alpha value is -1.55. The van der Waals surface area contributed by atoms with Gasteiger partial charge in [-0.3, -0.25) is 4.79 Å². The molecule has 0 radical (unpaired) electrons. The normalized spacial score (nSPS) is 31.7. The zero-order valence-corrected chi connectivity index (χ0v) is 14.4. The molecule has 23 heavy (non-hydrogen) atoms. The molecule has 1 amide bonds. The zero-order chi connectivity index (χ0) is 16.4. The molecule has 3 saturated carbocycles. The van der Waals surface area contributed by atoms with Gasteiger partial charge in [-0.2, -0.15) is 0 Å². The van der Waals surface area contributed by atoms with Crippen molar-refractivity contribution >= 4 is 28.5 Å². The molecule has 5 heteroatoms. The quantitative estimate of drug-likeness (QED) is 0.873. The van der Waals surface area contributed by atoms with Crippen LogP contribution in [0.4, 0.5) is 0 Å². The summed E-state index contributed by atoms with van der Waals surface area (Å²) < 4.78 is 0. The molecule has 0 spiro atoms. The van der Waals surface area contributed by atoms with Crippen molar-refractivity contribution in [1.29, 1.82) is 0 Å². The molecule has 2 bridgehead atoms. The molecule has 0 aliphatic heterocycles. The van der Waals surface area contributed by atoms with E-state index in [2.05, 4.69) is 36.1 Å². The largest absolute Gasteiger partial charge is 0.348 e. The van der Waals surface area contributed by atoms with Crippen molar-refractivity contribution in [2.75, 3.05) is 0 Å². The first kappa shape index (κ1) is 15.0. The summed E-state index contributed by atoms with van der Waals surface area (Å²) in [6.07, 6.45) is 4.03. The van der Waals surface area contributed by atoms with E-state index < -0.39 is 0 Å². The lowest BCUT2D eigenvalue weighted by Crippen LogP contribution is -2.60. The molecule has 4 atom stereocenters. The van der Waals surface area contributed by atoms with Gasteiger partial charge >= 0.3 is 0 Å². The third-order valence-electron chi connectivity index (χ3n) is 6.39. The van der Waals surface area contributed by atoms with Crippen molar-refractivity contribution in [2.45, 2.75) is 39.7 Å². The van der Waals surface area contributed by atoms with Crippen LogP contribution in [0.25, 0.3) is 11.0 Å². The van der Waals surface area contributed by atoms with Gasteiger partial charge in [-0.15, -0.1) is 0 Å². The Morgan fingerprint density at radius 2 is 2.22 bits per heavy atom. The minimum atomic E-state index is -0.0602. The average Bonchev–Trinajstić information content (AvgIpc) is 2.94. The number of carbonyl (C=O) groups is 1. The van der Waals surface area contributed by atoms with Crippen LogP contribution in [-0.4, -0.2) is 21.9 Å². The minimum Gasteiger partial charge on any atom is -0.348 e. The first-order chi connectivity index (χ1) is 10.9. The van der Waals surface area contributed by atoms with Gasteiger partial charge in [-0.1, -0.05) is 32.4 Å². The van der Waals surface area contributed by atoms with Gasteiger partial charge in [0.15, 0.2) is 0 Å². The number of hydrogen-bond acceptors (Lipinski definition) is 2. The highest BCUT2D eigenvalue weighted by Crippen LogP contribution is 2.61. The Kier molecular flexibility index (Phi) is 3.24. The second-order valence-electron chi connectivity index (χ2n) is 7.77. The number of amides is 1. The summed E-state index contributed by atoms with van der Waals surface area (Å²) >= 11 is 6.15. The van der Waals surface area contributed by atoms with E-state index in [9.17, 15) is 4.79 Å². The van der Waals surface area contributed by atoms with E-state index in [4.69, 9.17) is 11.6 Å². The fraction of sp³-hybridized carbons (Fsp3) is 0.556. The smallest absolute Gasteiger partial charge is 0.268 e. The van der Waals surface area contributed by atoms with Gasteiger partial charge in [-0.25, -0.2) is 4.98 Å². The Morgan fingerprint density at radius 3 is 2.87 bits per heavy atom. The van der Waals surface area contributed by atoms with E-state index in [1.165, 1.54) is 6.42 Å². The number of halogens is 1. The predicted octanol–water partition coefficient (Wildman–Crippen LogP) is 4.02. The van der Waals surface area contributed by atoms with E-state index in [1.807, 2.05) is 0 Å². The van der Waals surface area contributed by atoms with Crippen LogP contribution in [0.2, 0.25) is 5.02 Å². The molecule has 1 unspecified atom stereocenters. The first-order valence-corrected chi connectivity index (χ1v) is 8.70. The van der Waals surface area contributed by atoms with Crippen LogP contribution in [-0.2, 0) is 0 Å². The Bertz CT molecular complexity index is 782. The van der Waals surface area contributed by atoms with Crippen molar-refractivity contribution in [3.05, 3.63) is 29.0 Å². The number of H-pyrrole nitrogens is 1. The maximum Gasteiger partial charge on any atom is 0.268 e. The fourth-order valence-corrected chi connectivity index (χ4v) is 4.90. The highest BCUT2D eigenvalue weighted by molar-refractivity contribution is 6.35. The van der Waals surface area contributed by atoms with Gasteiger partial charge in [0.25, 0.3) is 5.91 Å². The fourth-order valence-electron chi connectivity index (χ4n) is 4.70. The maximum atomic E-state index is 12.6. The summed E-state index contributed by atoms with van der Waals surface area (Å²) in [4.78, 5) is 19.9. The van der Waals surface area contributed by atoms with Crippen LogP contribution >= 0.6 is 11.6 Å². The molecule has 3 aliphatic rings. The van der Waals surface area contributed by atoms with Gasteiger partial charge in [0.2, 0.25) is 0 Å². The summed E-state index contributed by atoms with van der Waals surface area (Å²) in [5.74, 6) is 1.90. The predicted molar refractivity (Wildman–Crippen MR) is 91.5 cm³/mol. The van der Waals surface area contributed by atoms with Crippen molar-refractivity contribution in [3.63, 3.8) is 0 Å². The molecule has 4 nitrogen and oxygen atoms in total. The van der Waals surface area contributed by atoms with Gasteiger partial charge in [0.1, 0.15) is 11.3 Å². The summed E-state index contributed by atoms with van der Waals surface area (Å²) in [5, 5.41) is 4.63. The highest BCUT2D eigenvalue weighted by Gasteiger charge is 2.56. The molecule has 3 fully saturated rings. The van der Waals surface area contributed by atoms with Gasteiger partial charge in [0, 0.05) is 17.6 Å². The topological polar surface area (TPSA) is 57.8 Å². The van der Waals surface area contributed by atoms with Gasteiger partial charge < -0.3 is 10.3 Å². The number of rotatable bonds is 2. The van der Waals surface area contributed by atoms with E-state index in [0.717, 1.165) is 17.7 Å². The zero-order valence-electron chi connectivity index (χ0n) is 13.7. The summed E-state index contributed by atoms with van der Waals surface area (Å²) in [6, 6.07) is 3.78. The molecule has 2 N–H and O–H groups in total. The molecule has 5 rings (SSSR count). The van der Waals surface area contributed by atoms with Crippen LogP contribution < -0.4 is 5.32 Å². The molecule has 0 aromatic carbocycles. The SMILES string of the molecule is C[C@@H]1C(NC(=O)c2cc3c(Cl)ccnc3[nH]2)C[C@H]2C[C@@H]1C2(C)C. The van der Waals surface area contributed by atoms with Crippen LogP contribution in [0.3, 0.4) is 0 Å². The highest BCUT2D eigenvalue weighted by atomic mass is 35.5. The average molecular weight is 332 g/mol. The second kappa shape index (κ2) is 4.97. The lowest BCUT2D eigenvalue weighted by molar-refractivity contribution is -0.113. The number of fused-ring (bicyclic) bond motifs is 3. The van der Waals surface area contributed by atoms with Crippen molar-refractivity contribution < 1.29 is 4.79 Å². The first-order valence-electron chi connectivity index (χ1n) is 8.32. The Labute approximate surface area is 141 Å². The van der Waals surface area contributed by atoms with Crippen molar-refractivity contribution in [3.8, 4) is 0 Å². The molecular formula is C18H22ClN3O. The number of nitrogens with zero attached hydrogens (tertiary/aromatic N) is 1. The van der Waals surface area contributed by atoms with E-state index in [0.29, 0.717) is 33.6 Å². The van der Waals surface area contributed by atoms with Crippen LogP contribution in [0, 0.1) is 23.2 Å². The van der Waals surface area contributed by atoms with E-state index in [-0.39, 0.29) is 11.9 Å². The minimum absolute atomic E-state index is 0.0602. The molecule has 2 aromatic heterocycles. The van der Waals surface area contributed by atoms with Gasteiger partial charge in [0.05, 0.1) is 5.02 Å². The molecule has 2 aromatic rings. The number of aromatic nitrogens is 2. The Morgan fingerprint density at radius 1 is 1.43 bits per heavy atom. The third-order valence-corrected chi connectivity index (χ3v) is 6.72. The number of nitrogens with one attached hydrogen (secondary N) is 2. The van der Waals surface area contributed by atoms with E-state index >= 15 is 0 Å². The third kappa shape index (κ3) is 2.18. The molecule has 3 aliphatic carbocycles. The van der Waals surface area contributed by atoms with E-state index in [1.54, 1.807) is 18.3 Å². The summed E-state index contributed by atoms with van der Waals surface area (Å²) in [5.41, 5.74) is 1.62. The number of carbonyl (C=O) groups excluding carboxylic acids is 1. The summed E-state index contributed by atoms with van der Waals surface area (Å²) in [7, 11) is 0. The standard InChI is InChI=1S/C18H22ClN3O/c1-9-12-6-10(18(12,2)3)7-14(9)22-17(23)15-8-11-13(19)4-5-20-16(11)21-15/h4-5,8-10,12,14H,6-7H2,1-3H3,(H,20,21)(H,22,23)/t9-,10+,12-,14?/m0/s1. The molecule has 2 heterocycles. The maximum absolute atomic E-state index is 12.6. The number of aromatic amines is 1. The molecule has 0 saturated heterocycles. The second-order valence-corrected chi connectivity index (χ2v) is 8.18. The lowest BCUT2D eigenvalue weighted by Gasteiger charge is -2.62. The van der Waals surface area contributed by atoms with Crippen molar-refractivity contribution in [2.24, 2.45) is 23.2 Å². The summed E-state index contributed by atoms with van der Waals surface area (Å²) in [6.45, 7) is 7.01.